The lowest BCUT2D eigenvalue weighted by atomic mass is 10.1. The Hall–Kier alpha value is -0.730. The van der Waals surface area contributed by atoms with Gasteiger partial charge in [-0.05, 0) is 19.3 Å². The third-order valence-electron chi connectivity index (χ3n) is 3.65. The van der Waals surface area contributed by atoms with E-state index in [1.54, 1.807) is 7.11 Å². The Morgan fingerprint density at radius 3 is 1.67 bits per heavy atom. The van der Waals surface area contributed by atoms with Crippen molar-refractivity contribution in [2.45, 2.75) is 25.7 Å². The summed E-state index contributed by atoms with van der Waals surface area (Å²) < 4.78 is 21.4. The molecule has 1 aliphatic heterocycles. The number of carboxylic acids is 1. The number of likely N-dealkylation sites (tertiary alicyclic amines) is 1. The maximum atomic E-state index is 10.0. The van der Waals surface area contributed by atoms with Crippen molar-refractivity contribution in [1.29, 1.82) is 0 Å². The summed E-state index contributed by atoms with van der Waals surface area (Å²) in [5, 5.41) is 10.0. The summed E-state index contributed by atoms with van der Waals surface area (Å²) in [6.07, 6.45) is 4.25. The second-order valence-corrected chi connectivity index (χ2v) is 6.40. The van der Waals surface area contributed by atoms with Crippen LogP contribution in [0, 0.1) is 0 Å². The zero-order valence-corrected chi connectivity index (χ0v) is 15.6. The molecule has 0 aromatic carbocycles. The van der Waals surface area contributed by atoms with E-state index in [0.29, 0.717) is 39.6 Å². The molecule has 0 aromatic rings. The smallest absolute Gasteiger partial charge is 0.0782 e. The van der Waals surface area contributed by atoms with Gasteiger partial charge in [-0.25, -0.2) is 0 Å². The molecule has 7 heteroatoms. The predicted octanol–water partition coefficient (Wildman–Crippen LogP) is 0.0693. The third kappa shape index (κ3) is 17.6. The molecule has 1 aliphatic rings. The van der Waals surface area contributed by atoms with Crippen LogP contribution in [0.4, 0.5) is 0 Å². The third-order valence-corrected chi connectivity index (χ3v) is 3.65. The fourth-order valence-corrected chi connectivity index (χ4v) is 2.21. The zero-order chi connectivity index (χ0) is 18.1. The number of methoxy groups -OCH3 is 1. The van der Waals surface area contributed by atoms with Crippen molar-refractivity contribution in [1.82, 2.24) is 0 Å². The number of nitrogens with zero attached hydrogens (tertiary/aromatic N) is 1. The van der Waals surface area contributed by atoms with E-state index in [2.05, 4.69) is 14.1 Å². The molecule has 0 aromatic heterocycles. The fraction of sp³-hybridized carbons (Fsp3) is 0.941. The second kappa shape index (κ2) is 15.8. The van der Waals surface area contributed by atoms with E-state index in [1.807, 2.05) is 0 Å². The summed E-state index contributed by atoms with van der Waals surface area (Å²) in [6.45, 7) is 5.90. The largest absolute Gasteiger partial charge is 0.550 e. The van der Waals surface area contributed by atoms with Crippen LogP contribution in [0.1, 0.15) is 25.7 Å². The topological polar surface area (TPSA) is 77.0 Å². The number of hydrogen-bond acceptors (Lipinski definition) is 6. The van der Waals surface area contributed by atoms with Crippen LogP contribution in [0.2, 0.25) is 0 Å². The number of carbonyl (C=O) groups excluding carboxylic acids is 1. The van der Waals surface area contributed by atoms with Crippen LogP contribution in [0.3, 0.4) is 0 Å². The van der Waals surface area contributed by atoms with Gasteiger partial charge in [0.15, 0.2) is 0 Å². The highest BCUT2D eigenvalue weighted by molar-refractivity contribution is 5.64. The summed E-state index contributed by atoms with van der Waals surface area (Å²) in [7, 11) is 6.25. The van der Waals surface area contributed by atoms with Gasteiger partial charge in [0.25, 0.3) is 0 Å². The van der Waals surface area contributed by atoms with Crippen molar-refractivity contribution in [3.63, 3.8) is 0 Å². The first kappa shape index (κ1) is 23.3. The molecule has 0 atom stereocenters. The quantitative estimate of drug-likeness (QED) is 0.367. The molecule has 7 nitrogen and oxygen atoms in total. The van der Waals surface area contributed by atoms with Crippen molar-refractivity contribution in [2.75, 3.05) is 80.5 Å². The number of piperidine rings is 1. The molecule has 0 unspecified atom stereocenters. The van der Waals surface area contributed by atoms with Gasteiger partial charge in [-0.1, -0.05) is 0 Å². The molecule has 0 radical (unpaired) electrons. The van der Waals surface area contributed by atoms with Crippen LogP contribution in [0.5, 0.6) is 0 Å². The lowest BCUT2D eigenvalue weighted by Gasteiger charge is -2.33. The average Bonchev–Trinajstić information content (AvgIpc) is 2.53. The van der Waals surface area contributed by atoms with Crippen molar-refractivity contribution in [3.8, 4) is 0 Å². The standard InChI is InChI=1S/C10H20O6.C7H16N/c1-13-4-5-15-8-9-16-7-6-14-3-2-10(11)12;1-8(2)6-4-3-5-7-8/h2-9H2,1H3,(H,11,12);3-7H2,1-2H3/q;+1/p-1. The molecule has 144 valence electrons. The van der Waals surface area contributed by atoms with Crippen LogP contribution in [-0.2, 0) is 23.7 Å². The minimum Gasteiger partial charge on any atom is -0.550 e. The molecule has 1 heterocycles. The van der Waals surface area contributed by atoms with Gasteiger partial charge >= 0.3 is 0 Å². The van der Waals surface area contributed by atoms with Crippen LogP contribution < -0.4 is 5.11 Å². The second-order valence-electron chi connectivity index (χ2n) is 6.40. The fourth-order valence-electron chi connectivity index (χ4n) is 2.21. The lowest BCUT2D eigenvalue weighted by Crippen LogP contribution is -2.43. The van der Waals surface area contributed by atoms with Gasteiger partial charge in [-0.3, -0.25) is 0 Å². The van der Waals surface area contributed by atoms with E-state index in [1.165, 1.54) is 36.8 Å². The highest BCUT2D eigenvalue weighted by Crippen LogP contribution is 2.12. The van der Waals surface area contributed by atoms with Crippen LogP contribution in [0.25, 0.3) is 0 Å². The van der Waals surface area contributed by atoms with Crippen LogP contribution in [-0.4, -0.2) is 91.0 Å². The van der Waals surface area contributed by atoms with Crippen molar-refractivity contribution >= 4 is 5.97 Å². The Balaban J connectivity index is 0.000000546. The molecule has 0 aliphatic carbocycles. The van der Waals surface area contributed by atoms with E-state index >= 15 is 0 Å². The Labute approximate surface area is 146 Å². The molecule has 1 rings (SSSR count). The van der Waals surface area contributed by atoms with Gasteiger partial charge in [0.1, 0.15) is 0 Å². The monoisotopic (exact) mass is 349 g/mol. The summed E-state index contributed by atoms with van der Waals surface area (Å²) in [6, 6.07) is 0. The average molecular weight is 349 g/mol. The molecule has 0 amide bonds. The number of hydrogen-bond donors (Lipinski definition) is 0. The van der Waals surface area contributed by atoms with Crippen LogP contribution in [0.15, 0.2) is 0 Å². The minimum atomic E-state index is -1.10. The highest BCUT2D eigenvalue weighted by Gasteiger charge is 2.17. The summed E-state index contributed by atoms with van der Waals surface area (Å²) in [4.78, 5) is 10.0. The molecule has 0 saturated carbocycles. The predicted molar refractivity (Wildman–Crippen MR) is 89.7 cm³/mol. The van der Waals surface area contributed by atoms with Gasteiger partial charge in [0.2, 0.25) is 0 Å². The Kier molecular flexibility index (Phi) is 15.3. The molecule has 0 N–H and O–H groups in total. The Morgan fingerprint density at radius 1 is 0.833 bits per heavy atom. The first-order valence-corrected chi connectivity index (χ1v) is 8.72. The van der Waals surface area contributed by atoms with E-state index < -0.39 is 5.97 Å². The summed E-state index contributed by atoms with van der Waals surface area (Å²) >= 11 is 0. The zero-order valence-electron chi connectivity index (χ0n) is 15.6. The molecule has 1 saturated heterocycles. The van der Waals surface area contributed by atoms with Crippen LogP contribution >= 0.6 is 0 Å². The van der Waals surface area contributed by atoms with E-state index in [0.717, 1.165) is 0 Å². The van der Waals surface area contributed by atoms with E-state index in [4.69, 9.17) is 18.9 Å². The molecular weight excluding hydrogens is 314 g/mol. The maximum Gasteiger partial charge on any atom is 0.0782 e. The number of carboxylic acid groups (broad SMARTS) is 1. The van der Waals surface area contributed by atoms with Crippen molar-refractivity contribution in [2.24, 2.45) is 0 Å². The Bertz CT molecular complexity index is 291. The molecule has 0 bridgehead atoms. The van der Waals surface area contributed by atoms with Gasteiger partial charge in [-0.2, -0.15) is 0 Å². The van der Waals surface area contributed by atoms with E-state index in [9.17, 15) is 9.90 Å². The number of carbonyl (C=O) groups is 1. The summed E-state index contributed by atoms with van der Waals surface area (Å²) in [5.74, 6) is -1.10. The highest BCUT2D eigenvalue weighted by atomic mass is 16.6. The maximum absolute atomic E-state index is 10.0. The van der Waals surface area contributed by atoms with Crippen molar-refractivity contribution < 1.29 is 33.3 Å². The first-order valence-electron chi connectivity index (χ1n) is 8.72. The van der Waals surface area contributed by atoms with E-state index in [-0.39, 0.29) is 13.0 Å². The molecule has 1 fully saturated rings. The van der Waals surface area contributed by atoms with Gasteiger partial charge < -0.3 is 33.3 Å². The summed E-state index contributed by atoms with van der Waals surface area (Å²) in [5.41, 5.74) is 0. The van der Waals surface area contributed by atoms with Gasteiger partial charge in [-0.15, -0.1) is 0 Å². The lowest BCUT2D eigenvalue weighted by molar-refractivity contribution is -0.894. The SMILES string of the molecule is COCCOCCOCCOCCC(=O)[O-].C[N+]1(C)CCCCC1. The number of aliphatic carboxylic acids is 1. The molecule has 0 spiro atoms. The van der Waals surface area contributed by atoms with Gasteiger partial charge in [0.05, 0.1) is 73.4 Å². The minimum absolute atomic E-state index is 0.0832. The normalized spacial score (nSPS) is 16.3. The van der Waals surface area contributed by atoms with Crippen molar-refractivity contribution in [3.05, 3.63) is 0 Å². The Morgan fingerprint density at radius 2 is 1.29 bits per heavy atom. The number of rotatable bonds is 12. The molecule has 24 heavy (non-hydrogen) atoms. The molecular formula is C17H35NO6. The number of ether oxygens (including phenoxy) is 4. The number of quaternary nitrogens is 1. The first-order chi connectivity index (χ1) is 11.5. The van der Waals surface area contributed by atoms with Gasteiger partial charge in [0, 0.05) is 19.5 Å².